The zero-order chi connectivity index (χ0) is 33.3. The molecular formula is C34H45IN4O6. The summed E-state index contributed by atoms with van der Waals surface area (Å²) in [6.45, 7) is 10.9. The molecule has 244 valence electrons. The van der Waals surface area contributed by atoms with Crippen LogP contribution in [-0.4, -0.2) is 59.9 Å². The van der Waals surface area contributed by atoms with E-state index >= 15 is 0 Å². The molecule has 11 heteroatoms. The second-order valence-corrected chi connectivity index (χ2v) is 13.9. The molecule has 4 N–H and O–H groups in total. The number of nitrogens with one attached hydrogen (secondary N) is 4. The fourth-order valence-corrected chi connectivity index (χ4v) is 5.42. The normalized spacial score (nSPS) is 23.9. The molecule has 45 heavy (non-hydrogen) atoms. The number of ether oxygens (including phenoxy) is 1. The predicted molar refractivity (Wildman–Crippen MR) is 180 cm³/mol. The summed E-state index contributed by atoms with van der Waals surface area (Å²) >= 11 is 2.19. The number of cyclic esters (lactones) is 1. The Morgan fingerprint density at radius 2 is 1.11 bits per heavy atom. The standard InChI is InChI=1S/C34H45IN4O6/c1-19(2)16-27-31(41)36-25(17-23-12-14-24(35)15-13-23)30(40)38-29(21(5)6)33(43)39-28(20(3)4)32(42)37-26(34(44)45-27)18-22-10-8-7-9-11-22/h7-15,19-21,25-29H,16-18H2,1-6H3,(H,36,41)(H,37,42)(H,38,40)(H,39,43)/t25-,26-,27?,28-,29-/m0/s1. The first-order chi connectivity index (χ1) is 21.2. The Kier molecular flexibility index (Phi) is 13.4. The topological polar surface area (TPSA) is 143 Å². The van der Waals surface area contributed by atoms with Crippen LogP contribution in [-0.2, 0) is 41.6 Å². The molecule has 1 aliphatic heterocycles. The van der Waals surface area contributed by atoms with Crippen molar-refractivity contribution in [3.05, 3.63) is 69.3 Å². The molecule has 4 amide bonds. The number of esters is 1. The van der Waals surface area contributed by atoms with Gasteiger partial charge in [0.1, 0.15) is 24.2 Å². The van der Waals surface area contributed by atoms with Crippen LogP contribution in [0.5, 0.6) is 0 Å². The summed E-state index contributed by atoms with van der Waals surface area (Å²) in [7, 11) is 0. The van der Waals surface area contributed by atoms with E-state index < -0.39 is 59.9 Å². The average Bonchev–Trinajstić information content (AvgIpc) is 2.97. The van der Waals surface area contributed by atoms with Crippen LogP contribution in [0.2, 0.25) is 0 Å². The maximum absolute atomic E-state index is 13.8. The van der Waals surface area contributed by atoms with Crippen LogP contribution in [0.3, 0.4) is 0 Å². The first-order valence-electron chi connectivity index (χ1n) is 15.5. The van der Waals surface area contributed by atoms with Crippen LogP contribution >= 0.6 is 22.6 Å². The van der Waals surface area contributed by atoms with E-state index in [-0.39, 0.29) is 37.0 Å². The first kappa shape index (κ1) is 36.0. The SMILES string of the molecule is CC(C)CC1OC(=O)[C@H](Cc2ccccc2)NC(=O)[C@H](C(C)C)NC(=O)[C@H](C(C)C)NC(=O)[C@H](Cc2ccc(I)cc2)NC1=O. The third-order valence-corrected chi connectivity index (χ3v) is 8.32. The summed E-state index contributed by atoms with van der Waals surface area (Å²) in [5.41, 5.74) is 1.58. The molecule has 0 spiro atoms. The van der Waals surface area contributed by atoms with Crippen LogP contribution < -0.4 is 21.3 Å². The van der Waals surface area contributed by atoms with Gasteiger partial charge in [0.05, 0.1) is 0 Å². The second-order valence-electron chi connectivity index (χ2n) is 12.7. The lowest BCUT2D eigenvalue weighted by atomic mass is 9.98. The molecule has 1 heterocycles. The average molecular weight is 733 g/mol. The molecule has 2 aromatic carbocycles. The molecule has 1 saturated heterocycles. The van der Waals surface area contributed by atoms with E-state index in [1.165, 1.54) is 0 Å². The molecule has 0 saturated carbocycles. The molecule has 1 unspecified atom stereocenters. The van der Waals surface area contributed by atoms with Crippen LogP contribution in [0.1, 0.15) is 59.1 Å². The van der Waals surface area contributed by atoms with E-state index in [9.17, 15) is 24.0 Å². The predicted octanol–water partition coefficient (Wildman–Crippen LogP) is 3.30. The lowest BCUT2D eigenvalue weighted by molar-refractivity contribution is -0.160. The molecule has 0 radical (unpaired) electrons. The van der Waals surface area contributed by atoms with Crippen LogP contribution in [0.4, 0.5) is 0 Å². The third kappa shape index (κ3) is 10.8. The molecule has 0 aromatic heterocycles. The summed E-state index contributed by atoms with van der Waals surface area (Å²) in [6, 6.07) is 12.5. The highest BCUT2D eigenvalue weighted by Gasteiger charge is 2.37. The molecule has 0 aliphatic carbocycles. The Morgan fingerprint density at radius 1 is 0.622 bits per heavy atom. The zero-order valence-corrected chi connectivity index (χ0v) is 28.9. The summed E-state index contributed by atoms with van der Waals surface area (Å²) in [5, 5.41) is 11.2. The molecule has 1 fully saturated rings. The van der Waals surface area contributed by atoms with E-state index in [0.29, 0.717) is 0 Å². The maximum Gasteiger partial charge on any atom is 0.329 e. The quantitative estimate of drug-likeness (QED) is 0.243. The number of halogens is 1. The molecule has 3 rings (SSSR count). The largest absolute Gasteiger partial charge is 0.451 e. The smallest absolute Gasteiger partial charge is 0.329 e. The fourth-order valence-electron chi connectivity index (χ4n) is 5.06. The summed E-state index contributed by atoms with van der Waals surface area (Å²) < 4.78 is 6.84. The first-order valence-corrected chi connectivity index (χ1v) is 16.5. The lowest BCUT2D eigenvalue weighted by Crippen LogP contribution is -2.60. The van der Waals surface area contributed by atoms with Crippen LogP contribution in [0.25, 0.3) is 0 Å². The Bertz CT molecular complexity index is 1330. The fraction of sp³-hybridized carbons (Fsp3) is 0.500. The van der Waals surface area contributed by atoms with Gasteiger partial charge < -0.3 is 26.0 Å². The van der Waals surface area contributed by atoms with Crippen molar-refractivity contribution in [1.29, 1.82) is 0 Å². The Hall–Kier alpha value is -3.48. The number of hydrogen-bond acceptors (Lipinski definition) is 6. The minimum Gasteiger partial charge on any atom is -0.451 e. The van der Waals surface area contributed by atoms with Gasteiger partial charge in [0.2, 0.25) is 17.7 Å². The number of hydrogen-bond donors (Lipinski definition) is 4. The van der Waals surface area contributed by atoms with Crippen molar-refractivity contribution in [3.63, 3.8) is 0 Å². The highest BCUT2D eigenvalue weighted by atomic mass is 127. The van der Waals surface area contributed by atoms with Crippen molar-refractivity contribution < 1.29 is 28.7 Å². The van der Waals surface area contributed by atoms with Crippen LogP contribution in [0, 0.1) is 21.3 Å². The minimum atomic E-state index is -1.22. The maximum atomic E-state index is 13.8. The van der Waals surface area contributed by atoms with Gasteiger partial charge in [-0.25, -0.2) is 4.79 Å². The number of amides is 4. The zero-order valence-electron chi connectivity index (χ0n) is 26.8. The van der Waals surface area contributed by atoms with Gasteiger partial charge >= 0.3 is 5.97 Å². The van der Waals surface area contributed by atoms with E-state index in [1.807, 2.05) is 68.4 Å². The van der Waals surface area contributed by atoms with E-state index in [1.54, 1.807) is 27.7 Å². The van der Waals surface area contributed by atoms with Gasteiger partial charge in [0, 0.05) is 16.4 Å². The second kappa shape index (κ2) is 16.7. The van der Waals surface area contributed by atoms with E-state index in [2.05, 4.69) is 43.9 Å². The number of rotatable bonds is 8. The van der Waals surface area contributed by atoms with Gasteiger partial charge in [0.15, 0.2) is 6.10 Å². The molecule has 5 atom stereocenters. The molecule has 0 bridgehead atoms. The number of carbonyl (C=O) groups excluding carboxylic acids is 5. The van der Waals surface area contributed by atoms with Gasteiger partial charge in [-0.3, -0.25) is 19.2 Å². The summed E-state index contributed by atoms with van der Waals surface area (Å²) in [6.07, 6.45) is -0.754. The number of benzene rings is 2. The van der Waals surface area contributed by atoms with Crippen molar-refractivity contribution in [2.24, 2.45) is 17.8 Å². The molecule has 2 aromatic rings. The Labute approximate surface area is 279 Å². The minimum absolute atomic E-state index is 0.0289. The van der Waals surface area contributed by atoms with Gasteiger partial charge in [-0.15, -0.1) is 0 Å². The third-order valence-electron chi connectivity index (χ3n) is 7.60. The monoisotopic (exact) mass is 732 g/mol. The lowest BCUT2D eigenvalue weighted by Gasteiger charge is -2.29. The molecule has 1 aliphatic rings. The van der Waals surface area contributed by atoms with Crippen molar-refractivity contribution in [1.82, 2.24) is 21.3 Å². The van der Waals surface area contributed by atoms with Gasteiger partial charge in [-0.05, 0) is 70.0 Å². The van der Waals surface area contributed by atoms with E-state index in [4.69, 9.17) is 4.74 Å². The number of carbonyl (C=O) groups is 5. The Balaban J connectivity index is 2.07. The van der Waals surface area contributed by atoms with Crippen molar-refractivity contribution in [2.75, 3.05) is 0 Å². The molecular weight excluding hydrogens is 687 g/mol. The summed E-state index contributed by atoms with van der Waals surface area (Å²) in [4.78, 5) is 68.4. The van der Waals surface area contributed by atoms with Crippen molar-refractivity contribution in [3.8, 4) is 0 Å². The van der Waals surface area contributed by atoms with Crippen LogP contribution in [0.15, 0.2) is 54.6 Å². The highest BCUT2D eigenvalue weighted by Crippen LogP contribution is 2.16. The van der Waals surface area contributed by atoms with Crippen molar-refractivity contribution in [2.45, 2.75) is 91.1 Å². The molecule has 10 nitrogen and oxygen atoms in total. The summed E-state index contributed by atoms with van der Waals surface area (Å²) in [5.74, 6) is -3.79. The van der Waals surface area contributed by atoms with E-state index in [0.717, 1.165) is 14.7 Å². The highest BCUT2D eigenvalue weighted by molar-refractivity contribution is 14.1. The van der Waals surface area contributed by atoms with Gasteiger partial charge in [-0.2, -0.15) is 0 Å². The Morgan fingerprint density at radius 3 is 1.67 bits per heavy atom. The van der Waals surface area contributed by atoms with Gasteiger partial charge in [0.25, 0.3) is 5.91 Å². The van der Waals surface area contributed by atoms with Gasteiger partial charge in [-0.1, -0.05) is 84.0 Å². The van der Waals surface area contributed by atoms with Crippen molar-refractivity contribution >= 4 is 52.2 Å².